The van der Waals surface area contributed by atoms with Crippen molar-refractivity contribution >= 4 is 28.0 Å². The first-order valence-electron chi connectivity index (χ1n) is 8.94. The fraction of sp³-hybridized carbons (Fsp3) is 0.833. The second-order valence-electron chi connectivity index (χ2n) is 6.67. The summed E-state index contributed by atoms with van der Waals surface area (Å²) in [4.78, 5) is 11.1. The van der Waals surface area contributed by atoms with Crippen LogP contribution < -0.4 is 0 Å². The quantitative estimate of drug-likeness (QED) is 0.110. The van der Waals surface area contributed by atoms with E-state index in [-0.39, 0.29) is 5.97 Å². The molecule has 0 aromatic carbocycles. The van der Waals surface area contributed by atoms with Gasteiger partial charge < -0.3 is 4.74 Å². The highest BCUT2D eigenvalue weighted by atomic mass is 79.9. The molecule has 0 saturated heterocycles. The summed E-state index contributed by atoms with van der Waals surface area (Å²) in [7, 11) is 0. The van der Waals surface area contributed by atoms with E-state index >= 15 is 0 Å². The number of unbranched alkanes of at least 4 members (excludes halogenated alkanes) is 9. The second-order valence-corrected chi connectivity index (χ2v) is 17.0. The molecule has 4 heteroatoms. The first-order chi connectivity index (χ1) is 10.5. The molecular formula is C18H35BrO2Si. The molecule has 0 heterocycles. The molecule has 0 fully saturated rings. The van der Waals surface area contributed by atoms with E-state index in [1.165, 1.54) is 69.9 Å². The lowest BCUT2D eigenvalue weighted by molar-refractivity contribution is -0.137. The monoisotopic (exact) mass is 390 g/mol. The third-order valence-electron chi connectivity index (χ3n) is 3.71. The molecule has 130 valence electrons. The third-order valence-corrected chi connectivity index (χ3v) is 6.44. The van der Waals surface area contributed by atoms with Crippen molar-refractivity contribution in [2.24, 2.45) is 0 Å². The van der Waals surface area contributed by atoms with E-state index in [1.54, 1.807) is 6.08 Å². The van der Waals surface area contributed by atoms with Gasteiger partial charge in [-0.3, -0.25) is 0 Å². The van der Waals surface area contributed by atoms with Crippen molar-refractivity contribution in [3.8, 4) is 0 Å². The molecule has 0 atom stereocenters. The predicted molar refractivity (Wildman–Crippen MR) is 103 cm³/mol. The molecule has 0 aromatic rings. The summed E-state index contributed by atoms with van der Waals surface area (Å²) in [5.74, 6) is -0.214. The van der Waals surface area contributed by atoms with Crippen molar-refractivity contribution in [1.29, 1.82) is 0 Å². The summed E-state index contributed by atoms with van der Waals surface area (Å²) in [5.41, 5.74) is 0. The van der Waals surface area contributed by atoms with Gasteiger partial charge in [-0.2, -0.15) is 0 Å². The Morgan fingerprint density at radius 1 is 0.909 bits per heavy atom. The van der Waals surface area contributed by atoms with Crippen LogP contribution in [-0.2, 0) is 9.53 Å². The minimum atomic E-state index is -0.989. The number of halogens is 1. The van der Waals surface area contributed by atoms with Crippen molar-refractivity contribution in [2.45, 2.75) is 90.3 Å². The summed E-state index contributed by atoms with van der Waals surface area (Å²) in [6.07, 6.45) is 16.3. The number of ether oxygens (including phenoxy) is 1. The summed E-state index contributed by atoms with van der Waals surface area (Å²) >= 11 is 3.83. The van der Waals surface area contributed by atoms with Gasteiger partial charge in [0.1, 0.15) is 6.69 Å². The first-order valence-corrected chi connectivity index (χ1v) is 14.4. The Bertz CT molecular complexity index is 298. The number of esters is 1. The van der Waals surface area contributed by atoms with E-state index in [0.717, 1.165) is 6.42 Å². The van der Waals surface area contributed by atoms with Crippen LogP contribution in [0, 0.1) is 0 Å². The summed E-state index contributed by atoms with van der Waals surface area (Å²) in [6, 6.07) is 1.41. The summed E-state index contributed by atoms with van der Waals surface area (Å²) in [6.45, 7) is 6.17. The van der Waals surface area contributed by atoms with Crippen LogP contribution in [0.25, 0.3) is 0 Å². The van der Waals surface area contributed by atoms with E-state index in [4.69, 9.17) is 4.74 Å². The third kappa shape index (κ3) is 18.0. The van der Waals surface area contributed by atoms with Crippen molar-refractivity contribution in [3.05, 3.63) is 12.2 Å². The Kier molecular flexibility index (Phi) is 14.4. The fourth-order valence-corrected chi connectivity index (χ4v) is 4.35. The van der Waals surface area contributed by atoms with Gasteiger partial charge in [0.05, 0.1) is 6.61 Å². The molecule has 2 nitrogen and oxygen atoms in total. The lowest BCUT2D eigenvalue weighted by Gasteiger charge is -2.12. The molecule has 0 aliphatic heterocycles. The van der Waals surface area contributed by atoms with E-state index < -0.39 is 6.69 Å². The highest BCUT2D eigenvalue weighted by Crippen LogP contribution is 2.21. The number of carbonyl (C=O) groups is 1. The Morgan fingerprint density at radius 3 is 1.82 bits per heavy atom. The SMILES string of the molecule is CC=CC(=O)OCCCCCCCCCCCC[Si](C)(C)Br. The number of hydrogen-bond acceptors (Lipinski definition) is 2. The normalized spacial score (nSPS) is 12.0. The van der Waals surface area contributed by atoms with Gasteiger partial charge in [0, 0.05) is 6.08 Å². The van der Waals surface area contributed by atoms with Crippen LogP contribution in [0.2, 0.25) is 19.1 Å². The second kappa shape index (κ2) is 14.5. The van der Waals surface area contributed by atoms with Crippen LogP contribution in [0.3, 0.4) is 0 Å². The van der Waals surface area contributed by atoms with E-state index in [2.05, 4.69) is 28.4 Å². The first kappa shape index (κ1) is 21.9. The molecule has 0 spiro atoms. The van der Waals surface area contributed by atoms with Gasteiger partial charge in [-0.05, 0) is 19.4 Å². The Labute approximate surface area is 146 Å². The topological polar surface area (TPSA) is 26.3 Å². The molecular weight excluding hydrogens is 356 g/mol. The van der Waals surface area contributed by atoms with Crippen LogP contribution in [-0.4, -0.2) is 19.3 Å². The van der Waals surface area contributed by atoms with E-state index in [1.807, 2.05) is 6.92 Å². The van der Waals surface area contributed by atoms with Gasteiger partial charge in [-0.25, -0.2) is 4.79 Å². The smallest absolute Gasteiger partial charge is 0.330 e. The molecule has 0 aromatic heterocycles. The maximum atomic E-state index is 11.1. The number of carbonyl (C=O) groups excluding carboxylic acids is 1. The van der Waals surface area contributed by atoms with Gasteiger partial charge in [0.2, 0.25) is 0 Å². The van der Waals surface area contributed by atoms with Crippen LogP contribution in [0.5, 0.6) is 0 Å². The average molecular weight is 391 g/mol. The maximum absolute atomic E-state index is 11.1. The minimum absolute atomic E-state index is 0.214. The Balaban J connectivity index is 3.13. The van der Waals surface area contributed by atoms with Gasteiger partial charge in [0.15, 0.2) is 0 Å². The maximum Gasteiger partial charge on any atom is 0.330 e. The molecule has 0 saturated carbocycles. The molecule has 0 aliphatic rings. The van der Waals surface area contributed by atoms with E-state index in [0.29, 0.717) is 6.61 Å². The zero-order valence-electron chi connectivity index (χ0n) is 14.8. The number of hydrogen-bond donors (Lipinski definition) is 0. The summed E-state index contributed by atoms with van der Waals surface area (Å²) in [5, 5.41) is 0. The zero-order valence-corrected chi connectivity index (χ0v) is 17.4. The van der Waals surface area contributed by atoms with Gasteiger partial charge >= 0.3 is 5.97 Å². The van der Waals surface area contributed by atoms with Crippen molar-refractivity contribution < 1.29 is 9.53 Å². The molecule has 0 unspecified atom stereocenters. The Hall–Kier alpha value is -0.0931. The van der Waals surface area contributed by atoms with E-state index in [9.17, 15) is 4.79 Å². The predicted octanol–water partition coefficient (Wildman–Crippen LogP) is 6.61. The average Bonchev–Trinajstić information content (AvgIpc) is 2.43. The van der Waals surface area contributed by atoms with Crippen LogP contribution >= 0.6 is 15.3 Å². The number of allylic oxidation sites excluding steroid dienone is 1. The molecule has 0 aliphatic carbocycles. The van der Waals surface area contributed by atoms with Crippen molar-refractivity contribution in [3.63, 3.8) is 0 Å². The van der Waals surface area contributed by atoms with Crippen LogP contribution in [0.1, 0.15) is 71.1 Å². The lowest BCUT2D eigenvalue weighted by atomic mass is 10.1. The standard InChI is InChI=1S/C18H35BrO2Si/c1-4-15-18(20)21-16-13-11-9-7-5-6-8-10-12-14-17-22(2,3)19/h4,15H,5-14,16-17H2,1-3H3. The summed E-state index contributed by atoms with van der Waals surface area (Å²) < 4.78 is 5.06. The van der Waals surface area contributed by atoms with Gasteiger partial charge in [-0.15, -0.1) is 15.3 Å². The molecule has 0 N–H and O–H groups in total. The zero-order chi connectivity index (χ0) is 16.7. The van der Waals surface area contributed by atoms with Gasteiger partial charge in [-0.1, -0.05) is 77.0 Å². The molecule has 0 amide bonds. The molecule has 0 bridgehead atoms. The highest BCUT2D eigenvalue weighted by Gasteiger charge is 2.14. The number of rotatable bonds is 14. The van der Waals surface area contributed by atoms with Crippen molar-refractivity contribution in [1.82, 2.24) is 0 Å². The van der Waals surface area contributed by atoms with Crippen LogP contribution in [0.15, 0.2) is 12.2 Å². The largest absolute Gasteiger partial charge is 0.463 e. The van der Waals surface area contributed by atoms with Crippen LogP contribution in [0.4, 0.5) is 0 Å². The molecule has 22 heavy (non-hydrogen) atoms. The fourth-order valence-electron chi connectivity index (χ4n) is 2.42. The Morgan fingerprint density at radius 2 is 1.36 bits per heavy atom. The highest BCUT2D eigenvalue weighted by molar-refractivity contribution is 9.26. The lowest BCUT2D eigenvalue weighted by Crippen LogP contribution is -2.13. The molecule has 0 rings (SSSR count). The minimum Gasteiger partial charge on any atom is -0.463 e. The van der Waals surface area contributed by atoms with Gasteiger partial charge in [0.25, 0.3) is 0 Å². The van der Waals surface area contributed by atoms with Crippen molar-refractivity contribution in [2.75, 3.05) is 6.61 Å². The molecule has 0 radical (unpaired) electrons.